The van der Waals surface area contributed by atoms with Crippen LogP contribution in [0.4, 0.5) is 28.0 Å². The van der Waals surface area contributed by atoms with Crippen LogP contribution in [0.15, 0.2) is 0 Å². The van der Waals surface area contributed by atoms with Gasteiger partial charge in [0, 0.05) is 80.6 Å². The van der Waals surface area contributed by atoms with Crippen molar-refractivity contribution >= 4 is 35.2 Å². The molecule has 6 atom stereocenters. The molecule has 0 aromatic rings. The highest BCUT2D eigenvalue weighted by Crippen LogP contribution is 2.37. The molecule has 6 heterocycles. The maximum atomic E-state index is 12.6. The van der Waals surface area contributed by atoms with E-state index >= 15 is 0 Å². The number of piperidine rings is 2. The number of nitrogens with zero attached hydrogens (tertiary/aromatic N) is 5. The zero-order chi connectivity index (χ0) is 40.6. The summed E-state index contributed by atoms with van der Waals surface area (Å²) in [4.78, 5) is 57.8. The molecule has 2 unspecified atom stereocenters. The molecule has 2 aliphatic carbocycles. The third-order valence-corrected chi connectivity index (χ3v) is 14.3. The van der Waals surface area contributed by atoms with E-state index in [9.17, 15) is 28.0 Å². The van der Waals surface area contributed by atoms with Crippen molar-refractivity contribution in [3.05, 3.63) is 0 Å². The summed E-state index contributed by atoms with van der Waals surface area (Å²) in [7, 11) is 0. The fourth-order valence-corrected chi connectivity index (χ4v) is 11.1. The van der Waals surface area contributed by atoms with Crippen molar-refractivity contribution < 1.29 is 37.4 Å². The second-order valence-corrected chi connectivity index (χ2v) is 18.0. The SMILES string of the molecule is CC1(N2CCC(N3C(=O)N[C@H]4CCCC[C@@H]43)CC2)CCN(C(=O)OCCF)C1.CC1(N2CCC(N3C(=O)N[C@H]4CCCC[C@@H]43)CC2)CCNC1.O=C(Cl)OCCF. The maximum absolute atomic E-state index is 12.6. The summed E-state index contributed by atoms with van der Waals surface area (Å²) < 4.78 is 32.1. The summed E-state index contributed by atoms with van der Waals surface area (Å²) >= 11 is 4.63. The molecule has 0 radical (unpaired) electrons. The van der Waals surface area contributed by atoms with Crippen LogP contribution in [0.2, 0.25) is 0 Å². The van der Waals surface area contributed by atoms with Crippen LogP contribution in [-0.2, 0) is 9.47 Å². The molecule has 3 N–H and O–H groups in total. The van der Waals surface area contributed by atoms with Crippen LogP contribution in [0.3, 0.4) is 0 Å². The molecule has 0 spiro atoms. The van der Waals surface area contributed by atoms with Gasteiger partial charge in [-0.05, 0) is 84.6 Å². The van der Waals surface area contributed by atoms with Gasteiger partial charge < -0.3 is 40.1 Å². The number of alkyl halides is 2. The summed E-state index contributed by atoms with van der Waals surface area (Å²) in [5.74, 6) is 0. The molecule has 8 rings (SSSR count). The van der Waals surface area contributed by atoms with E-state index in [0.717, 1.165) is 84.2 Å². The molecule has 5 amide bonds. The molecule has 6 saturated heterocycles. The number of halogens is 3. The quantitative estimate of drug-likeness (QED) is 0.281. The highest BCUT2D eigenvalue weighted by atomic mass is 35.5. The third-order valence-electron chi connectivity index (χ3n) is 14.2. The Morgan fingerprint density at radius 3 is 1.65 bits per heavy atom. The minimum Gasteiger partial charge on any atom is -0.451 e. The van der Waals surface area contributed by atoms with E-state index in [1.54, 1.807) is 4.90 Å². The van der Waals surface area contributed by atoms with Crippen LogP contribution >= 0.6 is 11.6 Å². The highest BCUT2D eigenvalue weighted by molar-refractivity contribution is 6.61. The van der Waals surface area contributed by atoms with Gasteiger partial charge in [0.15, 0.2) is 0 Å². The van der Waals surface area contributed by atoms with Crippen molar-refractivity contribution in [3.63, 3.8) is 0 Å². The van der Waals surface area contributed by atoms with E-state index in [1.807, 2.05) is 0 Å². The molecule has 17 heteroatoms. The van der Waals surface area contributed by atoms with Gasteiger partial charge in [0.1, 0.15) is 26.6 Å². The topological polar surface area (TPSA) is 139 Å². The van der Waals surface area contributed by atoms with Crippen LogP contribution in [-0.4, -0.2) is 174 Å². The average molecular weight is 829 g/mol. The van der Waals surface area contributed by atoms with Gasteiger partial charge in [0.05, 0.1) is 24.2 Å². The zero-order valence-corrected chi connectivity index (χ0v) is 34.9. The Balaban J connectivity index is 0.000000169. The molecule has 6 aliphatic heterocycles. The minimum atomic E-state index is -0.961. The number of likely N-dealkylation sites (tertiary alicyclic amines) is 3. The van der Waals surface area contributed by atoms with Crippen molar-refractivity contribution in [1.82, 2.24) is 40.4 Å². The lowest BCUT2D eigenvalue weighted by Gasteiger charge is -2.45. The summed E-state index contributed by atoms with van der Waals surface area (Å²) in [5.41, 5.74) is -0.691. The van der Waals surface area contributed by atoms with Crippen molar-refractivity contribution in [2.45, 2.75) is 151 Å². The first kappa shape index (κ1) is 43.9. The molecule has 8 aliphatic rings. The Bertz CT molecular complexity index is 1370. The van der Waals surface area contributed by atoms with Gasteiger partial charge in [-0.2, -0.15) is 0 Å². The number of hydrogen-bond donors (Lipinski definition) is 3. The smallest absolute Gasteiger partial charge is 0.409 e. The molecule has 8 fully saturated rings. The lowest BCUT2D eigenvalue weighted by Crippen LogP contribution is -2.56. The van der Waals surface area contributed by atoms with E-state index < -0.39 is 24.9 Å². The van der Waals surface area contributed by atoms with Crippen LogP contribution in [0.1, 0.15) is 104 Å². The van der Waals surface area contributed by atoms with Gasteiger partial charge in [0.2, 0.25) is 0 Å². The molecule has 0 aromatic heterocycles. The zero-order valence-electron chi connectivity index (χ0n) is 34.2. The number of nitrogens with one attached hydrogen (secondary N) is 3. The molecule has 0 bridgehead atoms. The lowest BCUT2D eigenvalue weighted by molar-refractivity contribution is 0.0420. The second kappa shape index (κ2) is 20.0. The number of ether oxygens (including phenoxy) is 2. The van der Waals surface area contributed by atoms with Crippen LogP contribution in [0.5, 0.6) is 0 Å². The second-order valence-electron chi connectivity index (χ2n) is 17.7. The first-order valence-corrected chi connectivity index (χ1v) is 22.1. The predicted molar refractivity (Wildman–Crippen MR) is 213 cm³/mol. The predicted octanol–water partition coefficient (Wildman–Crippen LogP) is 5.23. The monoisotopic (exact) mass is 828 g/mol. The fraction of sp³-hybridized carbons (Fsp3) is 0.900. The largest absolute Gasteiger partial charge is 0.451 e. The summed E-state index contributed by atoms with van der Waals surface area (Å²) in [6.45, 7) is 10.6. The first-order valence-electron chi connectivity index (χ1n) is 21.7. The lowest BCUT2D eigenvalue weighted by atomic mass is 9.88. The Labute approximate surface area is 342 Å². The summed E-state index contributed by atoms with van der Waals surface area (Å²) in [6, 6.07) is 2.74. The van der Waals surface area contributed by atoms with E-state index in [4.69, 9.17) is 4.74 Å². The normalized spacial score (nSPS) is 33.7. The molecular weight excluding hydrogens is 762 g/mol. The Kier molecular flexibility index (Phi) is 15.4. The number of rotatable bonds is 8. The van der Waals surface area contributed by atoms with Crippen molar-refractivity contribution in [2.75, 3.05) is 78.9 Å². The highest BCUT2D eigenvalue weighted by Gasteiger charge is 2.48. The van der Waals surface area contributed by atoms with Gasteiger partial charge in [0.25, 0.3) is 0 Å². The first-order chi connectivity index (χ1) is 27.5. The van der Waals surface area contributed by atoms with Crippen LogP contribution in [0, 0.1) is 0 Å². The van der Waals surface area contributed by atoms with Crippen molar-refractivity contribution in [3.8, 4) is 0 Å². The van der Waals surface area contributed by atoms with Gasteiger partial charge in [-0.25, -0.2) is 28.0 Å². The Morgan fingerprint density at radius 1 is 0.702 bits per heavy atom. The van der Waals surface area contributed by atoms with E-state index in [2.05, 4.69) is 65.7 Å². The summed E-state index contributed by atoms with van der Waals surface area (Å²) in [5, 5.41) is 9.95. The number of carbonyl (C=O) groups excluding carboxylic acids is 4. The molecule has 324 valence electrons. The Hall–Kier alpha value is -2.69. The molecular formula is C40H67ClF2N8O6. The maximum Gasteiger partial charge on any atom is 0.409 e. The molecule has 57 heavy (non-hydrogen) atoms. The van der Waals surface area contributed by atoms with Gasteiger partial charge >= 0.3 is 23.6 Å². The van der Waals surface area contributed by atoms with Gasteiger partial charge in [-0.1, -0.05) is 25.7 Å². The third kappa shape index (κ3) is 10.6. The van der Waals surface area contributed by atoms with Gasteiger partial charge in [-0.3, -0.25) is 9.80 Å². The number of amides is 5. The molecule has 0 aromatic carbocycles. The van der Waals surface area contributed by atoms with E-state index in [0.29, 0.717) is 54.9 Å². The summed E-state index contributed by atoms with van der Waals surface area (Å²) in [6.07, 6.45) is 15.6. The number of urea groups is 2. The number of hydrogen-bond acceptors (Lipinski definition) is 9. The number of fused-ring (bicyclic) bond motifs is 2. The van der Waals surface area contributed by atoms with Crippen molar-refractivity contribution in [1.29, 1.82) is 0 Å². The fourth-order valence-electron chi connectivity index (χ4n) is 11.0. The average Bonchev–Trinajstić information content (AvgIpc) is 4.00. The van der Waals surface area contributed by atoms with Crippen LogP contribution in [0.25, 0.3) is 0 Å². The van der Waals surface area contributed by atoms with E-state index in [1.165, 1.54) is 44.9 Å². The van der Waals surface area contributed by atoms with E-state index in [-0.39, 0.29) is 30.8 Å². The number of carbonyl (C=O) groups is 4. The minimum absolute atomic E-state index is 0.0691. The standard InChI is InChI=1S/C20H33FN4O3.C17H30N4O.C3H4ClFO2/c1-20(8-12-23(14-20)19(27)28-13-9-21)24-10-6-15(7-11-24)25-17-5-3-2-4-16(17)22-18(25)26;1-17(8-9-18-12-17)20-10-6-13(7-11-20)21-15-5-3-2-4-14(15)19-16(21)22;4-3(6)7-2-1-5/h15-17H,2-14H2,1H3,(H,22,26);13-15,18H,2-12H2,1H3,(H,19,22);1-2H2/t16-,17-,20?;14-,15-,17?;/m00./s1. The molecule has 2 saturated carbocycles. The van der Waals surface area contributed by atoms with Crippen LogP contribution < -0.4 is 16.0 Å². The van der Waals surface area contributed by atoms with Crippen molar-refractivity contribution in [2.24, 2.45) is 0 Å². The van der Waals surface area contributed by atoms with Gasteiger partial charge in [-0.15, -0.1) is 0 Å². The molecule has 14 nitrogen and oxygen atoms in total. The Morgan fingerprint density at radius 2 is 1.19 bits per heavy atom.